The number of carbonyl (C=O) groups excluding carboxylic acids is 1. The van der Waals surface area contributed by atoms with Crippen molar-refractivity contribution >= 4 is 29.9 Å². The Morgan fingerprint density at radius 1 is 1.45 bits per heavy atom. The second-order valence-electron chi connectivity index (χ2n) is 5.38. The molecular weight excluding hydrogens is 295 g/mol. The Balaban J connectivity index is 0.00000200. The van der Waals surface area contributed by atoms with Crippen molar-refractivity contribution in [2.75, 3.05) is 6.54 Å². The highest BCUT2D eigenvalue weighted by molar-refractivity contribution is 6.31. The lowest BCUT2D eigenvalue weighted by atomic mass is 9.95. The van der Waals surface area contributed by atoms with E-state index in [4.69, 9.17) is 17.3 Å². The molecule has 1 aliphatic rings. The largest absolute Gasteiger partial charge is 0.334 e. The van der Waals surface area contributed by atoms with E-state index in [1.807, 2.05) is 30.9 Å². The first-order valence-corrected chi connectivity index (χ1v) is 7.21. The van der Waals surface area contributed by atoms with Gasteiger partial charge in [-0.3, -0.25) is 4.79 Å². The summed E-state index contributed by atoms with van der Waals surface area (Å²) in [4.78, 5) is 14.6. The minimum Gasteiger partial charge on any atom is -0.334 e. The Morgan fingerprint density at radius 3 is 2.80 bits per heavy atom. The number of amides is 1. The van der Waals surface area contributed by atoms with Crippen molar-refractivity contribution in [3.63, 3.8) is 0 Å². The molecule has 2 atom stereocenters. The van der Waals surface area contributed by atoms with Crippen LogP contribution in [0.1, 0.15) is 42.1 Å². The van der Waals surface area contributed by atoms with E-state index < -0.39 is 0 Å². The first-order valence-electron chi connectivity index (χ1n) is 6.83. The van der Waals surface area contributed by atoms with Crippen molar-refractivity contribution in [3.8, 4) is 0 Å². The lowest BCUT2D eigenvalue weighted by Crippen LogP contribution is -2.51. The molecule has 2 unspecified atom stereocenters. The highest BCUT2D eigenvalue weighted by atomic mass is 35.5. The topological polar surface area (TPSA) is 46.3 Å². The molecule has 1 fully saturated rings. The van der Waals surface area contributed by atoms with Crippen LogP contribution in [0.25, 0.3) is 0 Å². The average molecular weight is 317 g/mol. The minimum atomic E-state index is 0. The second kappa shape index (κ2) is 7.30. The van der Waals surface area contributed by atoms with Gasteiger partial charge in [-0.05, 0) is 50.8 Å². The Hall–Kier alpha value is -0.770. The summed E-state index contributed by atoms with van der Waals surface area (Å²) in [5.41, 5.74) is 7.68. The number of piperidine rings is 1. The van der Waals surface area contributed by atoms with Gasteiger partial charge in [0.15, 0.2) is 0 Å². The highest BCUT2D eigenvalue weighted by Crippen LogP contribution is 2.24. The summed E-state index contributed by atoms with van der Waals surface area (Å²) in [6.07, 6.45) is 3.18. The van der Waals surface area contributed by atoms with Crippen LogP contribution in [0, 0.1) is 6.92 Å². The van der Waals surface area contributed by atoms with Gasteiger partial charge in [0, 0.05) is 29.2 Å². The molecule has 1 saturated heterocycles. The third kappa shape index (κ3) is 3.66. The number of nitrogens with two attached hydrogens (primary N) is 1. The molecule has 0 spiro atoms. The summed E-state index contributed by atoms with van der Waals surface area (Å²) in [5.74, 6) is 0.0574. The van der Waals surface area contributed by atoms with Crippen LogP contribution in [0.2, 0.25) is 5.02 Å². The standard InChI is InChI=1S/C15H21ClN2O.ClH/c1-10-6-7-12(16)9-13(10)15(19)18-8-4-3-5-14(18)11(2)17;/h6-7,9,11,14H,3-5,8,17H2,1-2H3;1H. The maximum atomic E-state index is 12.7. The maximum absolute atomic E-state index is 12.7. The number of hydrogen-bond donors (Lipinski definition) is 1. The predicted molar refractivity (Wildman–Crippen MR) is 85.8 cm³/mol. The van der Waals surface area contributed by atoms with Crippen molar-refractivity contribution in [1.29, 1.82) is 0 Å². The van der Waals surface area contributed by atoms with E-state index in [1.54, 1.807) is 6.07 Å². The first kappa shape index (κ1) is 17.3. The first-order chi connectivity index (χ1) is 9.00. The molecule has 0 aliphatic carbocycles. The van der Waals surface area contributed by atoms with Gasteiger partial charge in [0.05, 0.1) is 0 Å². The Morgan fingerprint density at radius 2 is 2.15 bits per heavy atom. The lowest BCUT2D eigenvalue weighted by Gasteiger charge is -2.38. The van der Waals surface area contributed by atoms with E-state index in [9.17, 15) is 4.79 Å². The van der Waals surface area contributed by atoms with Crippen LogP contribution in [0.5, 0.6) is 0 Å². The Labute approximate surface area is 131 Å². The van der Waals surface area contributed by atoms with E-state index in [1.165, 1.54) is 0 Å². The fraction of sp³-hybridized carbons (Fsp3) is 0.533. The second-order valence-corrected chi connectivity index (χ2v) is 5.82. The van der Waals surface area contributed by atoms with Gasteiger partial charge < -0.3 is 10.6 Å². The fourth-order valence-corrected chi connectivity index (χ4v) is 2.91. The van der Waals surface area contributed by atoms with Gasteiger partial charge in [0.25, 0.3) is 5.91 Å². The number of halogens is 2. The predicted octanol–water partition coefficient (Wildman–Crippen LogP) is 3.41. The smallest absolute Gasteiger partial charge is 0.254 e. The van der Waals surface area contributed by atoms with Crippen LogP contribution in [0.4, 0.5) is 0 Å². The van der Waals surface area contributed by atoms with Crippen molar-refractivity contribution in [2.45, 2.75) is 45.2 Å². The van der Waals surface area contributed by atoms with E-state index in [2.05, 4.69) is 0 Å². The maximum Gasteiger partial charge on any atom is 0.254 e. The highest BCUT2D eigenvalue weighted by Gasteiger charge is 2.30. The number of rotatable bonds is 2. The number of benzene rings is 1. The molecule has 0 radical (unpaired) electrons. The molecule has 0 bridgehead atoms. The van der Waals surface area contributed by atoms with E-state index in [-0.39, 0.29) is 30.4 Å². The van der Waals surface area contributed by atoms with Gasteiger partial charge in [-0.2, -0.15) is 0 Å². The van der Waals surface area contributed by atoms with E-state index in [0.717, 1.165) is 31.4 Å². The number of hydrogen-bond acceptors (Lipinski definition) is 2. The Kier molecular flexibility index (Phi) is 6.31. The summed E-state index contributed by atoms with van der Waals surface area (Å²) >= 11 is 6.00. The van der Waals surface area contributed by atoms with Crippen LogP contribution >= 0.6 is 24.0 Å². The molecule has 20 heavy (non-hydrogen) atoms. The Bertz CT molecular complexity index is 477. The zero-order chi connectivity index (χ0) is 14.0. The van der Waals surface area contributed by atoms with Gasteiger partial charge >= 0.3 is 0 Å². The van der Waals surface area contributed by atoms with Gasteiger partial charge in [-0.1, -0.05) is 17.7 Å². The molecule has 2 N–H and O–H groups in total. The zero-order valence-electron chi connectivity index (χ0n) is 11.9. The third-order valence-electron chi connectivity index (χ3n) is 3.85. The molecule has 5 heteroatoms. The summed E-state index contributed by atoms with van der Waals surface area (Å²) in [6, 6.07) is 5.60. The third-order valence-corrected chi connectivity index (χ3v) is 4.08. The number of nitrogens with zero attached hydrogens (tertiary/aromatic N) is 1. The molecule has 2 rings (SSSR count). The zero-order valence-corrected chi connectivity index (χ0v) is 13.5. The van der Waals surface area contributed by atoms with Crippen LogP contribution in [0.3, 0.4) is 0 Å². The molecule has 1 aromatic carbocycles. The molecule has 0 aromatic heterocycles. The monoisotopic (exact) mass is 316 g/mol. The molecule has 1 aromatic rings. The van der Waals surface area contributed by atoms with Crippen molar-refractivity contribution < 1.29 is 4.79 Å². The molecule has 1 aliphatic heterocycles. The molecule has 112 valence electrons. The van der Waals surface area contributed by atoms with Crippen molar-refractivity contribution in [3.05, 3.63) is 34.3 Å². The molecule has 0 saturated carbocycles. The molecule has 1 amide bonds. The SMILES string of the molecule is Cc1ccc(Cl)cc1C(=O)N1CCCCC1C(C)N.Cl. The van der Waals surface area contributed by atoms with Crippen LogP contribution < -0.4 is 5.73 Å². The van der Waals surface area contributed by atoms with E-state index >= 15 is 0 Å². The van der Waals surface area contributed by atoms with Gasteiger partial charge in [-0.25, -0.2) is 0 Å². The lowest BCUT2D eigenvalue weighted by molar-refractivity contribution is 0.0583. The summed E-state index contributed by atoms with van der Waals surface area (Å²) in [5, 5.41) is 0.600. The summed E-state index contributed by atoms with van der Waals surface area (Å²) in [7, 11) is 0. The van der Waals surface area contributed by atoms with Crippen LogP contribution in [-0.2, 0) is 0 Å². The molecule has 3 nitrogen and oxygen atoms in total. The van der Waals surface area contributed by atoms with Crippen LogP contribution in [0.15, 0.2) is 18.2 Å². The molecular formula is C15H22Cl2N2O. The number of carbonyl (C=O) groups is 1. The fourth-order valence-electron chi connectivity index (χ4n) is 2.74. The van der Waals surface area contributed by atoms with Gasteiger partial charge in [-0.15, -0.1) is 12.4 Å². The van der Waals surface area contributed by atoms with Gasteiger partial charge in [0.1, 0.15) is 0 Å². The summed E-state index contributed by atoms with van der Waals surface area (Å²) < 4.78 is 0. The van der Waals surface area contributed by atoms with Gasteiger partial charge in [0.2, 0.25) is 0 Å². The van der Waals surface area contributed by atoms with E-state index in [0.29, 0.717) is 10.6 Å². The van der Waals surface area contributed by atoms with Crippen molar-refractivity contribution in [2.24, 2.45) is 5.73 Å². The quantitative estimate of drug-likeness (QED) is 0.908. The number of likely N-dealkylation sites (tertiary alicyclic amines) is 1. The van der Waals surface area contributed by atoms with Crippen LogP contribution in [-0.4, -0.2) is 29.4 Å². The molecule has 1 heterocycles. The number of aryl methyl sites for hydroxylation is 1. The average Bonchev–Trinajstić information content (AvgIpc) is 2.40. The minimum absolute atomic E-state index is 0. The van der Waals surface area contributed by atoms with Crippen molar-refractivity contribution in [1.82, 2.24) is 4.90 Å². The summed E-state index contributed by atoms with van der Waals surface area (Å²) in [6.45, 7) is 4.70. The normalized spacial score (nSPS) is 20.2.